The highest BCUT2D eigenvalue weighted by molar-refractivity contribution is 5.76. The third kappa shape index (κ3) is 2.52. The zero-order valence-corrected chi connectivity index (χ0v) is 12.3. The van der Waals surface area contributed by atoms with Crippen LogP contribution in [0.3, 0.4) is 0 Å². The maximum absolute atomic E-state index is 8.97. The van der Waals surface area contributed by atoms with Gasteiger partial charge in [-0.15, -0.1) is 0 Å². The highest BCUT2D eigenvalue weighted by atomic mass is 15.1. The van der Waals surface area contributed by atoms with E-state index in [1.165, 1.54) is 0 Å². The molecule has 5 nitrogen and oxygen atoms in total. The SMILES string of the molecule is CCC(C)(CC)Cn1c(CN)cc2cnc(C#N)nc21. The predicted molar refractivity (Wildman–Crippen MR) is 78.8 cm³/mol. The van der Waals surface area contributed by atoms with Crippen LogP contribution in [0, 0.1) is 16.7 Å². The van der Waals surface area contributed by atoms with Crippen molar-refractivity contribution < 1.29 is 0 Å². The second kappa shape index (κ2) is 5.59. The third-order valence-electron chi connectivity index (χ3n) is 4.28. The van der Waals surface area contributed by atoms with Crippen LogP contribution >= 0.6 is 0 Å². The molecule has 0 fully saturated rings. The Kier molecular flexibility index (Phi) is 4.05. The van der Waals surface area contributed by atoms with E-state index < -0.39 is 0 Å². The normalized spacial score (nSPS) is 11.8. The van der Waals surface area contributed by atoms with E-state index in [1.54, 1.807) is 6.20 Å². The van der Waals surface area contributed by atoms with Crippen molar-refractivity contribution in [3.8, 4) is 6.07 Å². The van der Waals surface area contributed by atoms with E-state index in [2.05, 4.69) is 35.3 Å². The van der Waals surface area contributed by atoms with Crippen LogP contribution in [0.2, 0.25) is 0 Å². The Bertz CT molecular complexity index is 646. The molecule has 2 aromatic rings. The summed E-state index contributed by atoms with van der Waals surface area (Å²) >= 11 is 0. The molecule has 0 atom stereocenters. The van der Waals surface area contributed by atoms with Crippen LogP contribution in [0.1, 0.15) is 45.1 Å². The van der Waals surface area contributed by atoms with Crippen LogP contribution in [0.25, 0.3) is 11.0 Å². The molecule has 5 heteroatoms. The average molecular weight is 271 g/mol. The quantitative estimate of drug-likeness (QED) is 0.906. The Morgan fingerprint density at radius 3 is 2.65 bits per heavy atom. The Balaban J connectivity index is 2.57. The van der Waals surface area contributed by atoms with Gasteiger partial charge in [0, 0.05) is 30.4 Å². The van der Waals surface area contributed by atoms with Gasteiger partial charge in [-0.1, -0.05) is 20.8 Å². The van der Waals surface area contributed by atoms with Crippen molar-refractivity contribution >= 4 is 11.0 Å². The molecule has 0 saturated heterocycles. The molecule has 0 saturated carbocycles. The van der Waals surface area contributed by atoms with Crippen molar-refractivity contribution in [3.05, 3.63) is 23.8 Å². The molecule has 0 aromatic carbocycles. The van der Waals surface area contributed by atoms with E-state index >= 15 is 0 Å². The zero-order chi connectivity index (χ0) is 14.8. The highest BCUT2D eigenvalue weighted by Crippen LogP contribution is 2.30. The van der Waals surface area contributed by atoms with Gasteiger partial charge < -0.3 is 10.3 Å². The minimum atomic E-state index is 0.202. The van der Waals surface area contributed by atoms with Crippen molar-refractivity contribution in [2.45, 2.75) is 46.7 Å². The van der Waals surface area contributed by atoms with Crippen LogP contribution in [0.5, 0.6) is 0 Å². The first kappa shape index (κ1) is 14.5. The fourth-order valence-corrected chi connectivity index (χ4v) is 2.35. The van der Waals surface area contributed by atoms with E-state index in [1.807, 2.05) is 12.1 Å². The van der Waals surface area contributed by atoms with E-state index in [4.69, 9.17) is 11.0 Å². The van der Waals surface area contributed by atoms with Crippen molar-refractivity contribution in [2.24, 2.45) is 11.1 Å². The average Bonchev–Trinajstić information content (AvgIpc) is 2.83. The summed E-state index contributed by atoms with van der Waals surface area (Å²) in [4.78, 5) is 8.37. The summed E-state index contributed by atoms with van der Waals surface area (Å²) in [6.45, 7) is 7.99. The summed E-state index contributed by atoms with van der Waals surface area (Å²) in [5.74, 6) is 0.204. The molecule has 2 N–H and O–H groups in total. The number of hydrogen-bond acceptors (Lipinski definition) is 4. The lowest BCUT2D eigenvalue weighted by Crippen LogP contribution is -2.23. The molecule has 2 heterocycles. The van der Waals surface area contributed by atoms with Crippen molar-refractivity contribution in [2.75, 3.05) is 0 Å². The standard InChI is InChI=1S/C15H21N5/c1-4-15(3,5-2)10-20-12(7-16)6-11-9-18-13(8-17)19-14(11)20/h6,9H,4-5,7,10,16H2,1-3H3. The molecule has 2 rings (SSSR count). The van der Waals surface area contributed by atoms with Gasteiger partial charge in [-0.25, -0.2) is 9.97 Å². The van der Waals surface area contributed by atoms with Crippen molar-refractivity contribution in [1.29, 1.82) is 5.26 Å². The molecule has 20 heavy (non-hydrogen) atoms. The van der Waals surface area contributed by atoms with Gasteiger partial charge in [0.25, 0.3) is 0 Å². The molecule has 0 spiro atoms. The number of aromatic nitrogens is 3. The molecule has 0 aliphatic heterocycles. The molecule has 2 aromatic heterocycles. The second-order valence-electron chi connectivity index (χ2n) is 5.53. The van der Waals surface area contributed by atoms with Gasteiger partial charge >= 0.3 is 0 Å². The first-order valence-electron chi connectivity index (χ1n) is 7.02. The number of hydrogen-bond donors (Lipinski definition) is 1. The van der Waals surface area contributed by atoms with E-state index in [-0.39, 0.29) is 11.2 Å². The number of nitrogens with two attached hydrogens (primary N) is 1. The van der Waals surface area contributed by atoms with Gasteiger partial charge in [0.05, 0.1) is 0 Å². The van der Waals surface area contributed by atoms with Crippen LogP contribution < -0.4 is 5.73 Å². The largest absolute Gasteiger partial charge is 0.328 e. The zero-order valence-electron chi connectivity index (χ0n) is 12.3. The third-order valence-corrected chi connectivity index (χ3v) is 4.28. The summed E-state index contributed by atoms with van der Waals surface area (Å²) in [5, 5.41) is 9.91. The summed E-state index contributed by atoms with van der Waals surface area (Å²) in [6, 6.07) is 4.01. The van der Waals surface area contributed by atoms with Gasteiger partial charge in [-0.3, -0.25) is 0 Å². The number of rotatable bonds is 5. The number of nitriles is 1. The van der Waals surface area contributed by atoms with Crippen LogP contribution in [0.15, 0.2) is 12.3 Å². The fraction of sp³-hybridized carbons (Fsp3) is 0.533. The Hall–Kier alpha value is -1.93. The second-order valence-corrected chi connectivity index (χ2v) is 5.53. The Morgan fingerprint density at radius 1 is 1.40 bits per heavy atom. The maximum atomic E-state index is 8.97. The minimum Gasteiger partial charge on any atom is -0.328 e. The first-order chi connectivity index (χ1) is 9.56. The number of nitrogens with zero attached hydrogens (tertiary/aromatic N) is 4. The lowest BCUT2D eigenvalue weighted by Gasteiger charge is -2.28. The van der Waals surface area contributed by atoms with Crippen LogP contribution in [-0.2, 0) is 13.1 Å². The van der Waals surface area contributed by atoms with Gasteiger partial charge in [-0.2, -0.15) is 5.26 Å². The lowest BCUT2D eigenvalue weighted by atomic mass is 9.84. The summed E-state index contributed by atoms with van der Waals surface area (Å²) in [5.41, 5.74) is 7.90. The van der Waals surface area contributed by atoms with Crippen molar-refractivity contribution in [1.82, 2.24) is 14.5 Å². The molecule has 0 amide bonds. The molecule has 106 valence electrons. The molecule has 0 aliphatic carbocycles. The lowest BCUT2D eigenvalue weighted by molar-refractivity contribution is 0.250. The minimum absolute atomic E-state index is 0.202. The van der Waals surface area contributed by atoms with Crippen molar-refractivity contribution in [3.63, 3.8) is 0 Å². The Labute approximate surface area is 119 Å². The van der Waals surface area contributed by atoms with Gasteiger partial charge in [0.2, 0.25) is 5.82 Å². The van der Waals surface area contributed by atoms with E-state index in [0.29, 0.717) is 6.54 Å². The molecule has 0 aliphatic rings. The number of fused-ring (bicyclic) bond motifs is 1. The molecule has 0 bridgehead atoms. The molecular weight excluding hydrogens is 250 g/mol. The molecule has 0 radical (unpaired) electrons. The molecular formula is C15H21N5. The monoisotopic (exact) mass is 271 g/mol. The summed E-state index contributed by atoms with van der Waals surface area (Å²) in [7, 11) is 0. The maximum Gasteiger partial charge on any atom is 0.234 e. The van der Waals surface area contributed by atoms with E-state index in [0.717, 1.165) is 36.1 Å². The topological polar surface area (TPSA) is 80.5 Å². The highest BCUT2D eigenvalue weighted by Gasteiger charge is 2.23. The summed E-state index contributed by atoms with van der Waals surface area (Å²) in [6.07, 6.45) is 3.87. The Morgan fingerprint density at radius 2 is 2.10 bits per heavy atom. The fourth-order valence-electron chi connectivity index (χ4n) is 2.35. The van der Waals surface area contributed by atoms with Gasteiger partial charge in [0.15, 0.2) is 0 Å². The predicted octanol–water partition coefficient (Wildman–Crippen LogP) is 2.59. The summed E-state index contributed by atoms with van der Waals surface area (Å²) < 4.78 is 2.14. The van der Waals surface area contributed by atoms with Crippen LogP contribution in [0.4, 0.5) is 0 Å². The molecule has 0 unspecified atom stereocenters. The van der Waals surface area contributed by atoms with Gasteiger partial charge in [0.1, 0.15) is 11.7 Å². The first-order valence-corrected chi connectivity index (χ1v) is 7.02. The smallest absolute Gasteiger partial charge is 0.234 e. The van der Waals surface area contributed by atoms with Crippen LogP contribution in [-0.4, -0.2) is 14.5 Å². The van der Waals surface area contributed by atoms with E-state index in [9.17, 15) is 0 Å². The van der Waals surface area contributed by atoms with Gasteiger partial charge in [-0.05, 0) is 24.3 Å².